The number of hydrogen-bond acceptors (Lipinski definition) is 3. The molecule has 0 N–H and O–H groups in total. The van der Waals surface area contributed by atoms with Gasteiger partial charge in [0.2, 0.25) is 0 Å². The molecule has 0 atom stereocenters. The van der Waals surface area contributed by atoms with Crippen molar-refractivity contribution in [2.75, 3.05) is 7.11 Å². The zero-order valence-electron chi connectivity index (χ0n) is 9.03. The summed E-state index contributed by atoms with van der Waals surface area (Å²) in [5, 5.41) is 0. The van der Waals surface area contributed by atoms with Crippen LogP contribution in [-0.2, 0) is 9.53 Å². The summed E-state index contributed by atoms with van der Waals surface area (Å²) in [5.74, 6) is -1.17. The first-order chi connectivity index (χ1) is 7.65. The number of ketones is 1. The van der Waals surface area contributed by atoms with Gasteiger partial charge in [0.1, 0.15) is 5.82 Å². The van der Waals surface area contributed by atoms with E-state index in [-0.39, 0.29) is 30.2 Å². The Labute approximate surface area is 93.2 Å². The van der Waals surface area contributed by atoms with Crippen molar-refractivity contribution in [3.05, 3.63) is 35.6 Å². The molecule has 1 rings (SSSR count). The average Bonchev–Trinajstić information content (AvgIpc) is 2.29. The van der Waals surface area contributed by atoms with Gasteiger partial charge in [-0.3, -0.25) is 9.59 Å². The maximum atomic E-state index is 13.2. The molecule has 0 bridgehead atoms. The molecule has 4 heteroatoms. The maximum absolute atomic E-state index is 13.2. The van der Waals surface area contributed by atoms with Gasteiger partial charge in [-0.15, -0.1) is 0 Å². The van der Waals surface area contributed by atoms with Crippen LogP contribution in [0.4, 0.5) is 4.39 Å². The summed E-state index contributed by atoms with van der Waals surface area (Å²) in [6, 6.07) is 5.82. The van der Waals surface area contributed by atoms with Crippen LogP contribution in [0.2, 0.25) is 0 Å². The third kappa shape index (κ3) is 3.46. The second kappa shape index (κ2) is 6.00. The molecule has 0 radical (unpaired) electrons. The van der Waals surface area contributed by atoms with E-state index in [0.29, 0.717) is 6.42 Å². The minimum Gasteiger partial charge on any atom is -0.469 e. The monoisotopic (exact) mass is 224 g/mol. The van der Waals surface area contributed by atoms with E-state index in [0.717, 1.165) is 0 Å². The highest BCUT2D eigenvalue weighted by Crippen LogP contribution is 2.11. The first-order valence-corrected chi connectivity index (χ1v) is 4.99. The van der Waals surface area contributed by atoms with Gasteiger partial charge in [0.15, 0.2) is 5.78 Å². The van der Waals surface area contributed by atoms with Crippen LogP contribution in [0.1, 0.15) is 29.6 Å². The van der Waals surface area contributed by atoms with Gasteiger partial charge >= 0.3 is 5.97 Å². The van der Waals surface area contributed by atoms with E-state index in [9.17, 15) is 14.0 Å². The van der Waals surface area contributed by atoms with Crippen LogP contribution >= 0.6 is 0 Å². The predicted molar refractivity (Wildman–Crippen MR) is 56.6 cm³/mol. The molecule has 0 amide bonds. The van der Waals surface area contributed by atoms with Gasteiger partial charge in [0.25, 0.3) is 0 Å². The summed E-state index contributed by atoms with van der Waals surface area (Å²) in [6.07, 6.45) is 0.701. The Morgan fingerprint density at radius 1 is 1.25 bits per heavy atom. The molecule has 0 unspecified atom stereocenters. The predicted octanol–water partition coefficient (Wildman–Crippen LogP) is 2.35. The van der Waals surface area contributed by atoms with Crippen molar-refractivity contribution in [2.45, 2.75) is 19.3 Å². The highest BCUT2D eigenvalue weighted by molar-refractivity contribution is 5.96. The summed E-state index contributed by atoms with van der Waals surface area (Å²) in [4.78, 5) is 22.3. The first kappa shape index (κ1) is 12.4. The van der Waals surface area contributed by atoms with E-state index < -0.39 is 5.82 Å². The Morgan fingerprint density at radius 3 is 2.56 bits per heavy atom. The Morgan fingerprint density at radius 2 is 1.94 bits per heavy atom. The van der Waals surface area contributed by atoms with Crippen molar-refractivity contribution in [1.82, 2.24) is 0 Å². The smallest absolute Gasteiger partial charge is 0.305 e. The van der Waals surface area contributed by atoms with E-state index in [1.807, 2.05) is 0 Å². The van der Waals surface area contributed by atoms with Crippen LogP contribution < -0.4 is 0 Å². The summed E-state index contributed by atoms with van der Waals surface area (Å²) >= 11 is 0. The second-order valence-electron chi connectivity index (χ2n) is 3.33. The third-order valence-electron chi connectivity index (χ3n) is 2.19. The van der Waals surface area contributed by atoms with Crippen LogP contribution in [0.5, 0.6) is 0 Å². The van der Waals surface area contributed by atoms with Crippen LogP contribution in [0.3, 0.4) is 0 Å². The summed E-state index contributed by atoms with van der Waals surface area (Å²) in [5.41, 5.74) is 0.0763. The van der Waals surface area contributed by atoms with E-state index in [1.165, 1.54) is 25.3 Å². The lowest BCUT2D eigenvalue weighted by Crippen LogP contribution is -2.05. The van der Waals surface area contributed by atoms with Crippen LogP contribution in [0.15, 0.2) is 24.3 Å². The third-order valence-corrected chi connectivity index (χ3v) is 2.19. The van der Waals surface area contributed by atoms with Crippen molar-refractivity contribution in [1.29, 1.82) is 0 Å². The van der Waals surface area contributed by atoms with Gasteiger partial charge in [-0.25, -0.2) is 4.39 Å². The SMILES string of the molecule is COC(=O)CCCC(=O)c1ccccc1F. The fraction of sp³-hybridized carbons (Fsp3) is 0.333. The van der Waals surface area contributed by atoms with E-state index in [2.05, 4.69) is 4.74 Å². The number of halogens is 1. The van der Waals surface area contributed by atoms with E-state index in [1.54, 1.807) is 6.07 Å². The van der Waals surface area contributed by atoms with Crippen molar-refractivity contribution in [2.24, 2.45) is 0 Å². The number of benzene rings is 1. The van der Waals surface area contributed by atoms with Crippen LogP contribution in [0.25, 0.3) is 0 Å². The molecular formula is C12H13FO3. The number of methoxy groups -OCH3 is 1. The molecule has 0 aliphatic heterocycles. The highest BCUT2D eigenvalue weighted by Gasteiger charge is 2.11. The molecule has 0 spiro atoms. The molecule has 86 valence electrons. The first-order valence-electron chi connectivity index (χ1n) is 4.99. The molecule has 0 heterocycles. The number of Topliss-reactive ketones (excluding diaryl/α,β-unsaturated/α-hetero) is 1. The zero-order valence-corrected chi connectivity index (χ0v) is 9.03. The van der Waals surface area contributed by atoms with E-state index >= 15 is 0 Å². The van der Waals surface area contributed by atoms with Gasteiger partial charge < -0.3 is 4.74 Å². The lowest BCUT2D eigenvalue weighted by Gasteiger charge is -2.01. The Kier molecular flexibility index (Phi) is 4.64. The highest BCUT2D eigenvalue weighted by atomic mass is 19.1. The molecule has 1 aromatic carbocycles. The van der Waals surface area contributed by atoms with Crippen molar-refractivity contribution < 1.29 is 18.7 Å². The maximum Gasteiger partial charge on any atom is 0.305 e. The molecule has 0 aliphatic carbocycles. The molecule has 0 saturated heterocycles. The molecule has 0 aliphatic rings. The van der Waals surface area contributed by atoms with Gasteiger partial charge in [0, 0.05) is 12.8 Å². The minimum absolute atomic E-state index is 0.0763. The van der Waals surface area contributed by atoms with Gasteiger partial charge in [-0.2, -0.15) is 0 Å². The Balaban J connectivity index is 2.47. The zero-order chi connectivity index (χ0) is 12.0. The summed E-state index contributed by atoms with van der Waals surface area (Å²) in [7, 11) is 1.29. The topological polar surface area (TPSA) is 43.4 Å². The van der Waals surface area contributed by atoms with Crippen molar-refractivity contribution in [3.8, 4) is 0 Å². The van der Waals surface area contributed by atoms with Crippen LogP contribution in [-0.4, -0.2) is 18.9 Å². The van der Waals surface area contributed by atoms with E-state index in [4.69, 9.17) is 0 Å². The molecule has 0 aromatic heterocycles. The van der Waals surface area contributed by atoms with Crippen molar-refractivity contribution >= 4 is 11.8 Å². The second-order valence-corrected chi connectivity index (χ2v) is 3.33. The number of ether oxygens (including phenoxy) is 1. The normalized spacial score (nSPS) is 9.88. The molecule has 0 fully saturated rings. The standard InChI is InChI=1S/C12H13FO3/c1-16-12(15)8-4-7-11(14)9-5-2-3-6-10(9)13/h2-3,5-6H,4,7-8H2,1H3. The Bertz CT molecular complexity index is 388. The number of hydrogen-bond donors (Lipinski definition) is 0. The fourth-order valence-corrected chi connectivity index (χ4v) is 1.32. The van der Waals surface area contributed by atoms with Gasteiger partial charge in [-0.05, 0) is 18.6 Å². The fourth-order valence-electron chi connectivity index (χ4n) is 1.32. The quantitative estimate of drug-likeness (QED) is 0.569. The molecule has 3 nitrogen and oxygen atoms in total. The molecule has 16 heavy (non-hydrogen) atoms. The summed E-state index contributed by atoms with van der Waals surface area (Å²) < 4.78 is 17.6. The van der Waals surface area contributed by atoms with Gasteiger partial charge in [0.05, 0.1) is 12.7 Å². The van der Waals surface area contributed by atoms with Crippen molar-refractivity contribution in [3.63, 3.8) is 0 Å². The number of carbonyl (C=O) groups excluding carboxylic acids is 2. The lowest BCUT2D eigenvalue weighted by molar-refractivity contribution is -0.140. The number of esters is 1. The molecule has 1 aromatic rings. The number of carbonyl (C=O) groups is 2. The Hall–Kier alpha value is -1.71. The largest absolute Gasteiger partial charge is 0.469 e. The minimum atomic E-state index is -0.523. The van der Waals surface area contributed by atoms with Crippen LogP contribution in [0, 0.1) is 5.82 Å². The number of rotatable bonds is 5. The average molecular weight is 224 g/mol. The lowest BCUT2D eigenvalue weighted by atomic mass is 10.1. The molecule has 0 saturated carbocycles. The van der Waals surface area contributed by atoms with Gasteiger partial charge in [-0.1, -0.05) is 12.1 Å². The summed E-state index contributed by atoms with van der Waals surface area (Å²) in [6.45, 7) is 0. The molecular weight excluding hydrogens is 211 g/mol.